The van der Waals surface area contributed by atoms with Gasteiger partial charge in [-0.3, -0.25) is 14.5 Å². The Balaban J connectivity index is 1.84. The largest absolute Gasteiger partial charge is 0.497 e. The predicted octanol–water partition coefficient (Wildman–Crippen LogP) is 3.22. The SMILES string of the molecule is CCC[C@H](NC(=O)CN(C)CC(=O)Nc1cccc(OC)c1)c1ccccc1. The molecule has 2 rings (SSSR count). The summed E-state index contributed by atoms with van der Waals surface area (Å²) in [5, 5.41) is 5.89. The summed E-state index contributed by atoms with van der Waals surface area (Å²) in [5.74, 6) is 0.393. The van der Waals surface area contributed by atoms with Crippen molar-refractivity contribution in [1.82, 2.24) is 10.2 Å². The van der Waals surface area contributed by atoms with Crippen LogP contribution in [0.15, 0.2) is 54.6 Å². The van der Waals surface area contributed by atoms with Crippen LogP contribution in [0.2, 0.25) is 0 Å². The van der Waals surface area contributed by atoms with Crippen molar-refractivity contribution in [2.24, 2.45) is 0 Å². The van der Waals surface area contributed by atoms with Crippen LogP contribution in [0.4, 0.5) is 5.69 Å². The van der Waals surface area contributed by atoms with Gasteiger partial charge in [-0.25, -0.2) is 0 Å². The number of anilines is 1. The fraction of sp³-hybridized carbons (Fsp3) is 0.364. The monoisotopic (exact) mass is 383 g/mol. The van der Waals surface area contributed by atoms with Crippen LogP contribution >= 0.6 is 0 Å². The van der Waals surface area contributed by atoms with Gasteiger partial charge in [0.05, 0.1) is 26.2 Å². The third-order valence-corrected chi connectivity index (χ3v) is 4.30. The lowest BCUT2D eigenvalue weighted by Gasteiger charge is -2.21. The molecule has 0 radical (unpaired) electrons. The van der Waals surface area contributed by atoms with Gasteiger partial charge in [0, 0.05) is 11.8 Å². The van der Waals surface area contributed by atoms with Gasteiger partial charge in [0.1, 0.15) is 5.75 Å². The van der Waals surface area contributed by atoms with Gasteiger partial charge >= 0.3 is 0 Å². The molecule has 0 unspecified atom stereocenters. The Kier molecular flexibility index (Phi) is 8.49. The number of amides is 2. The number of nitrogens with zero attached hydrogens (tertiary/aromatic N) is 1. The minimum Gasteiger partial charge on any atom is -0.497 e. The quantitative estimate of drug-likeness (QED) is 0.661. The number of ether oxygens (including phenoxy) is 1. The predicted molar refractivity (Wildman–Crippen MR) is 111 cm³/mol. The molecule has 0 saturated carbocycles. The lowest BCUT2D eigenvalue weighted by molar-refractivity contribution is -0.123. The van der Waals surface area contributed by atoms with Crippen LogP contribution in [0.3, 0.4) is 0 Å². The molecule has 0 fully saturated rings. The third-order valence-electron chi connectivity index (χ3n) is 4.30. The molecular weight excluding hydrogens is 354 g/mol. The standard InChI is InChI=1S/C22H29N3O3/c1-4-9-20(17-10-6-5-7-11-17)24-22(27)16-25(2)15-21(26)23-18-12-8-13-19(14-18)28-3/h5-8,10-14,20H,4,9,15-16H2,1-3H3,(H,23,26)(H,24,27)/t20-/m0/s1. The van der Waals surface area contributed by atoms with E-state index in [9.17, 15) is 9.59 Å². The van der Waals surface area contributed by atoms with Gasteiger partial charge in [-0.05, 0) is 31.2 Å². The molecule has 6 heteroatoms. The Morgan fingerprint density at radius 2 is 1.75 bits per heavy atom. The highest BCUT2D eigenvalue weighted by Crippen LogP contribution is 2.18. The number of nitrogens with one attached hydrogen (secondary N) is 2. The molecule has 6 nitrogen and oxygen atoms in total. The average Bonchev–Trinajstić information content (AvgIpc) is 2.68. The van der Waals surface area contributed by atoms with Crippen LogP contribution < -0.4 is 15.4 Å². The van der Waals surface area contributed by atoms with Crippen LogP contribution in [0.5, 0.6) is 5.75 Å². The lowest BCUT2D eigenvalue weighted by atomic mass is 10.0. The molecule has 0 aliphatic rings. The zero-order valence-electron chi connectivity index (χ0n) is 16.8. The van der Waals surface area contributed by atoms with Crippen molar-refractivity contribution in [1.29, 1.82) is 0 Å². The number of likely N-dealkylation sites (N-methyl/N-ethyl adjacent to an activating group) is 1. The van der Waals surface area contributed by atoms with Gasteiger partial charge in [0.2, 0.25) is 11.8 Å². The van der Waals surface area contributed by atoms with Gasteiger partial charge in [-0.15, -0.1) is 0 Å². The second kappa shape index (κ2) is 11.1. The first-order valence-electron chi connectivity index (χ1n) is 9.48. The van der Waals surface area contributed by atoms with Crippen molar-refractivity contribution >= 4 is 17.5 Å². The van der Waals surface area contributed by atoms with Gasteiger partial charge in [0.25, 0.3) is 0 Å². The fourth-order valence-electron chi connectivity index (χ4n) is 2.98. The van der Waals surface area contributed by atoms with Gasteiger partial charge in [-0.2, -0.15) is 0 Å². The van der Waals surface area contributed by atoms with E-state index in [1.807, 2.05) is 42.5 Å². The highest BCUT2D eigenvalue weighted by Gasteiger charge is 2.16. The maximum Gasteiger partial charge on any atom is 0.238 e. The molecular formula is C22H29N3O3. The van der Waals surface area contributed by atoms with E-state index in [1.54, 1.807) is 31.2 Å². The van der Waals surface area contributed by atoms with Crippen molar-refractivity contribution in [3.8, 4) is 5.75 Å². The number of methoxy groups -OCH3 is 1. The van der Waals surface area contributed by atoms with E-state index < -0.39 is 0 Å². The Bertz CT molecular complexity index is 765. The molecule has 2 aromatic carbocycles. The highest BCUT2D eigenvalue weighted by molar-refractivity contribution is 5.92. The maximum atomic E-state index is 12.4. The molecule has 0 bridgehead atoms. The summed E-state index contributed by atoms with van der Waals surface area (Å²) in [4.78, 5) is 26.4. The molecule has 150 valence electrons. The van der Waals surface area contributed by atoms with Crippen molar-refractivity contribution < 1.29 is 14.3 Å². The third kappa shape index (κ3) is 7.04. The molecule has 0 aliphatic heterocycles. The molecule has 0 saturated heterocycles. The minimum atomic E-state index is -0.184. The maximum absolute atomic E-state index is 12.4. The Morgan fingerprint density at radius 1 is 1.04 bits per heavy atom. The molecule has 2 aromatic rings. The summed E-state index contributed by atoms with van der Waals surface area (Å²) in [6.07, 6.45) is 1.84. The summed E-state index contributed by atoms with van der Waals surface area (Å²) in [5.41, 5.74) is 1.76. The van der Waals surface area contributed by atoms with Crippen molar-refractivity contribution in [2.75, 3.05) is 32.6 Å². The number of hydrogen-bond acceptors (Lipinski definition) is 4. The first-order chi connectivity index (χ1) is 13.5. The number of rotatable bonds is 10. The van der Waals surface area contributed by atoms with E-state index in [4.69, 9.17) is 4.74 Å². The van der Waals surface area contributed by atoms with Crippen LogP contribution in [-0.4, -0.2) is 44.0 Å². The summed E-state index contributed by atoms with van der Waals surface area (Å²) in [6, 6.07) is 17.1. The number of carbonyl (C=O) groups is 2. The topological polar surface area (TPSA) is 70.7 Å². The van der Waals surface area contributed by atoms with Crippen molar-refractivity contribution in [2.45, 2.75) is 25.8 Å². The van der Waals surface area contributed by atoms with Crippen LogP contribution in [-0.2, 0) is 9.59 Å². The van der Waals surface area contributed by atoms with E-state index >= 15 is 0 Å². The molecule has 28 heavy (non-hydrogen) atoms. The zero-order chi connectivity index (χ0) is 20.4. The van der Waals surface area contributed by atoms with Crippen LogP contribution in [0, 0.1) is 0 Å². The summed E-state index contributed by atoms with van der Waals surface area (Å²) in [7, 11) is 3.33. The van der Waals surface area contributed by atoms with Crippen LogP contribution in [0.1, 0.15) is 31.4 Å². The number of carbonyl (C=O) groups excluding carboxylic acids is 2. The lowest BCUT2D eigenvalue weighted by Crippen LogP contribution is -2.40. The van der Waals surface area contributed by atoms with Crippen molar-refractivity contribution in [3.05, 3.63) is 60.2 Å². The van der Waals surface area contributed by atoms with Crippen LogP contribution in [0.25, 0.3) is 0 Å². The summed E-state index contributed by atoms with van der Waals surface area (Å²) < 4.78 is 5.15. The normalized spacial score (nSPS) is 11.7. The Morgan fingerprint density at radius 3 is 2.43 bits per heavy atom. The number of benzene rings is 2. The number of hydrogen-bond donors (Lipinski definition) is 2. The molecule has 0 aliphatic carbocycles. The van der Waals surface area contributed by atoms with Gasteiger partial charge < -0.3 is 15.4 Å². The fourth-order valence-corrected chi connectivity index (χ4v) is 2.98. The van der Waals surface area contributed by atoms with E-state index in [0.29, 0.717) is 11.4 Å². The Labute approximate surface area is 166 Å². The second-order valence-corrected chi connectivity index (χ2v) is 6.77. The molecule has 0 spiro atoms. The Hall–Kier alpha value is -2.86. The molecule has 1 atom stereocenters. The van der Waals surface area contributed by atoms with E-state index in [2.05, 4.69) is 17.6 Å². The molecule has 0 aromatic heterocycles. The molecule has 2 amide bonds. The summed E-state index contributed by atoms with van der Waals surface area (Å²) >= 11 is 0. The smallest absolute Gasteiger partial charge is 0.238 e. The van der Waals surface area contributed by atoms with E-state index in [1.165, 1.54) is 0 Å². The van der Waals surface area contributed by atoms with E-state index in [0.717, 1.165) is 18.4 Å². The zero-order valence-corrected chi connectivity index (χ0v) is 16.8. The van der Waals surface area contributed by atoms with Gasteiger partial charge in [0.15, 0.2) is 0 Å². The highest BCUT2D eigenvalue weighted by atomic mass is 16.5. The average molecular weight is 383 g/mol. The second-order valence-electron chi connectivity index (χ2n) is 6.77. The van der Waals surface area contributed by atoms with Crippen molar-refractivity contribution in [3.63, 3.8) is 0 Å². The molecule has 2 N–H and O–H groups in total. The van der Waals surface area contributed by atoms with Gasteiger partial charge in [-0.1, -0.05) is 49.7 Å². The minimum absolute atomic E-state index is 0.0160. The molecule has 0 heterocycles. The first kappa shape index (κ1) is 21.4. The first-order valence-corrected chi connectivity index (χ1v) is 9.48. The van der Waals surface area contributed by atoms with E-state index in [-0.39, 0.29) is 30.9 Å². The summed E-state index contributed by atoms with van der Waals surface area (Å²) in [6.45, 7) is 2.37.